The van der Waals surface area contributed by atoms with E-state index in [0.29, 0.717) is 0 Å². The van der Waals surface area contributed by atoms with Crippen LogP contribution in [0.5, 0.6) is 46.0 Å². The van der Waals surface area contributed by atoms with E-state index < -0.39 is 210 Å². The lowest BCUT2D eigenvalue weighted by Crippen LogP contribution is -2.46. The molecule has 0 spiro atoms. The zero-order valence-corrected chi connectivity index (χ0v) is 65.0. The Labute approximate surface area is 637 Å². The lowest BCUT2D eigenvalue weighted by Gasteiger charge is -2.38. The number of hydrazone groups is 2. The van der Waals surface area contributed by atoms with Gasteiger partial charge in [0.05, 0.1) is 132 Å². The highest BCUT2D eigenvalue weighted by Gasteiger charge is 2.52. The average Bonchev–Trinajstić information content (AvgIpc) is 1.50. The Morgan fingerprint density at radius 3 is 1.15 bits per heavy atom. The molecular formula is C80H102N6O24. The van der Waals surface area contributed by atoms with Gasteiger partial charge in [0.25, 0.3) is 23.4 Å². The Balaban J connectivity index is 1.09. The number of anilines is 2. The standard InChI is InChI=1S/C80H102N6O24/c1-35-21-19-23-37(3)77(101)83-59-49(67(95)53-55(69(59)97)65(93)45(11)73-57(53)75(99)79(15,109-73)105-31-25-51(103-17)39(5)71(107-47(13)87)43(9)63(91)41(7)61(35)89)33-81-85-27-29-86(30-28-85)82-34-50-60-70(98)56-54(68(50)96)58-74(46(12)66(56)94)110-80(16,76(58)100)106-32-26-52(104-18)40(6)72(108-48(14)88)44(10)64(92)42(8)62(90)36(2)22-20-24-38(4)78(102)84-60/h19-26,31-36,39-44,51-52,61-64,71-72,89-98H,27-30H2,1-18H3,(H,83,101)(H,84,102)/b21-19+,22-20+,31-25+,32-26+,37-23+,38-24+,81-33+,82-34+. The van der Waals surface area contributed by atoms with Crippen molar-refractivity contribution < 1.29 is 118 Å². The van der Waals surface area contributed by atoms with Crippen LogP contribution in [0.3, 0.4) is 0 Å². The van der Waals surface area contributed by atoms with E-state index in [1.54, 1.807) is 67.5 Å². The molecule has 0 aromatic heterocycles. The molecule has 0 saturated carbocycles. The van der Waals surface area contributed by atoms with E-state index in [0.717, 1.165) is 25.0 Å². The fourth-order valence-electron chi connectivity index (χ4n) is 14.9. The number of amides is 2. The zero-order valence-electron chi connectivity index (χ0n) is 65.0. The Hall–Kier alpha value is -10.2. The molecule has 7 heterocycles. The number of allylic oxidation sites excluding steroid dienone is 4. The number of carbonyl (C=O) groups excluding carboxylic acids is 6. The molecule has 596 valence electrons. The molecule has 110 heavy (non-hydrogen) atoms. The van der Waals surface area contributed by atoms with E-state index in [9.17, 15) is 79.8 Å². The summed E-state index contributed by atoms with van der Waals surface area (Å²) in [6.07, 6.45) is 7.97. The van der Waals surface area contributed by atoms with E-state index in [1.807, 2.05) is 0 Å². The number of ketones is 2. The number of hydrogen-bond donors (Lipinski definition) is 12. The number of fused-ring (bicyclic) bond motifs is 28. The number of esters is 2. The van der Waals surface area contributed by atoms with Gasteiger partial charge in [-0.1, -0.05) is 91.8 Å². The van der Waals surface area contributed by atoms with Crippen molar-refractivity contribution in [3.8, 4) is 46.0 Å². The first-order valence-electron chi connectivity index (χ1n) is 36.4. The number of aliphatic hydroxyl groups is 4. The summed E-state index contributed by atoms with van der Waals surface area (Å²) >= 11 is 0. The molecule has 10 bridgehead atoms. The number of carbonyl (C=O) groups is 6. The van der Waals surface area contributed by atoms with Gasteiger partial charge in [-0.2, -0.15) is 10.2 Å². The van der Waals surface area contributed by atoms with Gasteiger partial charge in [-0.05, 0) is 39.8 Å². The molecule has 30 heteroatoms. The molecule has 0 radical (unpaired) electrons. The normalized spacial score (nSPS) is 32.5. The minimum atomic E-state index is -2.21. The van der Waals surface area contributed by atoms with Gasteiger partial charge in [0, 0.05) is 122 Å². The van der Waals surface area contributed by atoms with E-state index in [2.05, 4.69) is 20.8 Å². The largest absolute Gasteiger partial charge is 0.507 e. The summed E-state index contributed by atoms with van der Waals surface area (Å²) < 4.78 is 47.8. The van der Waals surface area contributed by atoms with Crippen LogP contribution in [0, 0.1) is 61.2 Å². The Morgan fingerprint density at radius 2 is 0.827 bits per heavy atom. The van der Waals surface area contributed by atoms with Crippen LogP contribution in [0.25, 0.3) is 21.5 Å². The van der Waals surface area contributed by atoms with E-state index in [1.165, 1.54) is 116 Å². The predicted octanol–water partition coefficient (Wildman–Crippen LogP) is 8.81. The van der Waals surface area contributed by atoms with Crippen LogP contribution >= 0.6 is 0 Å². The second kappa shape index (κ2) is 33.5. The summed E-state index contributed by atoms with van der Waals surface area (Å²) in [5.41, 5.74) is -2.26. The van der Waals surface area contributed by atoms with Crippen LogP contribution in [0.15, 0.2) is 82.5 Å². The number of aliphatic hydroxyl groups excluding tert-OH is 4. The van der Waals surface area contributed by atoms with Crippen molar-refractivity contribution in [3.05, 3.63) is 106 Å². The summed E-state index contributed by atoms with van der Waals surface area (Å²) in [5, 5.41) is 137. The number of phenols is 6. The van der Waals surface area contributed by atoms with Crippen molar-refractivity contribution in [2.75, 3.05) is 51.0 Å². The first-order valence-corrected chi connectivity index (χ1v) is 36.4. The fourth-order valence-corrected chi connectivity index (χ4v) is 14.9. The molecule has 11 rings (SSSR count). The van der Waals surface area contributed by atoms with Crippen molar-refractivity contribution >= 4 is 80.7 Å². The highest BCUT2D eigenvalue weighted by atomic mass is 16.7. The highest BCUT2D eigenvalue weighted by molar-refractivity contribution is 6.25. The van der Waals surface area contributed by atoms with Crippen molar-refractivity contribution in [1.82, 2.24) is 10.0 Å². The summed E-state index contributed by atoms with van der Waals surface area (Å²) in [7, 11) is 2.79. The number of nitrogens with zero attached hydrogens (tertiary/aromatic N) is 4. The predicted molar refractivity (Wildman–Crippen MR) is 406 cm³/mol. The number of hydrogen-bond acceptors (Lipinski definition) is 28. The lowest BCUT2D eigenvalue weighted by molar-refractivity contribution is -0.161. The summed E-state index contributed by atoms with van der Waals surface area (Å²) in [4.78, 5) is 83.7. The third-order valence-corrected chi connectivity index (χ3v) is 22.0. The van der Waals surface area contributed by atoms with E-state index >= 15 is 0 Å². The molecule has 18 atom stereocenters. The van der Waals surface area contributed by atoms with Crippen LogP contribution < -0.4 is 20.1 Å². The number of aromatic hydroxyl groups is 6. The number of nitrogens with one attached hydrogen (secondary N) is 2. The van der Waals surface area contributed by atoms with Crippen LogP contribution in [0.2, 0.25) is 0 Å². The molecular weight excluding hydrogens is 1430 g/mol. The summed E-state index contributed by atoms with van der Waals surface area (Å²) in [6.45, 7) is 24.4. The molecule has 18 unspecified atom stereocenters. The molecule has 2 amide bonds. The second-order valence-electron chi connectivity index (χ2n) is 29.6. The third kappa shape index (κ3) is 16.2. The van der Waals surface area contributed by atoms with Crippen molar-refractivity contribution in [1.29, 1.82) is 0 Å². The molecule has 1 saturated heterocycles. The molecule has 7 aliphatic rings. The average molecular weight is 1530 g/mol. The lowest BCUT2D eigenvalue weighted by atomic mass is 9.78. The molecule has 1 fully saturated rings. The quantitative estimate of drug-likeness (QED) is 0.0339. The molecule has 4 aromatic rings. The van der Waals surface area contributed by atoms with Gasteiger partial charge in [-0.25, -0.2) is 0 Å². The Morgan fingerprint density at radius 1 is 0.491 bits per heavy atom. The van der Waals surface area contributed by atoms with Gasteiger partial charge in [0.1, 0.15) is 46.7 Å². The topological polar surface area (TPSA) is 434 Å². The first-order chi connectivity index (χ1) is 51.7. The first kappa shape index (κ1) is 83.8. The maximum atomic E-state index is 15.0. The number of phenolic OH excluding ortho intramolecular Hbond substituents is 6. The number of benzene rings is 4. The van der Waals surface area contributed by atoms with Crippen LogP contribution in [0.1, 0.15) is 140 Å². The number of ether oxygens (including phenoxy) is 8. The van der Waals surface area contributed by atoms with Gasteiger partial charge in [0.2, 0.25) is 0 Å². The zero-order chi connectivity index (χ0) is 81.4. The van der Waals surface area contributed by atoms with E-state index in [-0.39, 0.29) is 82.2 Å². The molecule has 4 aromatic carbocycles. The maximum Gasteiger partial charge on any atom is 0.312 e. The van der Waals surface area contributed by atoms with Gasteiger partial charge < -0.3 is 99.6 Å². The number of rotatable bonds is 8. The maximum absolute atomic E-state index is 15.0. The Bertz CT molecular complexity index is 4250. The van der Waals surface area contributed by atoms with Gasteiger partial charge in [-0.15, -0.1) is 0 Å². The van der Waals surface area contributed by atoms with Gasteiger partial charge in [0.15, 0.2) is 11.5 Å². The second-order valence-corrected chi connectivity index (χ2v) is 29.6. The van der Waals surface area contributed by atoms with Crippen molar-refractivity contribution in [2.45, 2.75) is 171 Å². The molecule has 7 aliphatic heterocycles. The number of piperazine rings is 1. The van der Waals surface area contributed by atoms with E-state index in [4.69, 9.17) is 37.9 Å². The van der Waals surface area contributed by atoms with Crippen LogP contribution in [-0.2, 0) is 47.6 Å². The fraction of sp³-hybridized carbons (Fsp3) is 0.500. The summed E-state index contributed by atoms with van der Waals surface area (Å²) in [6, 6.07) is 0. The van der Waals surface area contributed by atoms with Crippen molar-refractivity contribution in [3.63, 3.8) is 0 Å². The number of Topliss-reactive ketones (excluding diaryl/α,β-unsaturated/α-hetero) is 2. The number of methoxy groups -OCH3 is 2. The van der Waals surface area contributed by atoms with Gasteiger partial charge >= 0.3 is 23.5 Å². The molecule has 30 nitrogen and oxygen atoms in total. The molecule has 0 aliphatic carbocycles. The van der Waals surface area contributed by atoms with Crippen LogP contribution in [0.4, 0.5) is 11.4 Å². The molecule has 12 N–H and O–H groups in total. The minimum absolute atomic E-state index is 0.0437. The van der Waals surface area contributed by atoms with Crippen molar-refractivity contribution in [2.24, 2.45) is 57.5 Å². The van der Waals surface area contributed by atoms with Gasteiger partial charge in [-0.3, -0.25) is 38.8 Å². The van der Waals surface area contributed by atoms with Crippen LogP contribution in [-0.4, -0.2) is 210 Å². The Kier molecular flexibility index (Phi) is 25.5. The SMILES string of the molecule is COC1/C=C/OC2(C)Oc3c(C)c(O)c4c(O)c(c(/C=N/N5CCN(/N=C/c6c7c(O)c8c(O)c(C)c9c(c8c6O)C(=O)C(C)(O/C=C/C(OC)C(C)C(OC(C)=O)C(C)C(O)C(C)C(O)C(C)/C=C/C=C(\C)C(=O)N7)O9)CC5)c(O)c4c3C2=O)NC(=O)/C(C)=C/C=C/C(C)C(O)C(C)C(O)C(C)C(OC(C)=O)C1C. The smallest absolute Gasteiger partial charge is 0.312 e. The monoisotopic (exact) mass is 1530 g/mol. The third-order valence-electron chi connectivity index (χ3n) is 22.0. The highest BCUT2D eigenvalue weighted by Crippen LogP contribution is 2.57. The summed E-state index contributed by atoms with van der Waals surface area (Å²) in [5.74, 6) is -19.7. The minimum Gasteiger partial charge on any atom is -0.507 e.